The first-order valence-corrected chi connectivity index (χ1v) is 11.6. The van der Waals surface area contributed by atoms with E-state index < -0.39 is 6.04 Å². The number of hydrogen-bond acceptors (Lipinski definition) is 8. The molecular formula is C24H36N8O2. The molecule has 0 spiro atoms. The average molecular weight is 469 g/mol. The third-order valence-electron chi connectivity index (χ3n) is 5.54. The van der Waals surface area contributed by atoms with Crippen molar-refractivity contribution in [2.24, 2.45) is 10.3 Å². The number of fused-ring (bicyclic) bond motifs is 1. The quantitative estimate of drug-likeness (QED) is 0.115. The molecule has 0 bridgehead atoms. The van der Waals surface area contributed by atoms with Gasteiger partial charge in [0.2, 0.25) is 6.41 Å². The Morgan fingerprint density at radius 2 is 2.06 bits per heavy atom. The fourth-order valence-electron chi connectivity index (χ4n) is 3.46. The smallest absolute Gasteiger partial charge is 0.219 e. The van der Waals surface area contributed by atoms with Crippen molar-refractivity contribution in [2.45, 2.75) is 53.5 Å². The van der Waals surface area contributed by atoms with Crippen LogP contribution in [-0.4, -0.2) is 63.8 Å². The number of rotatable bonds is 13. The van der Waals surface area contributed by atoms with E-state index in [0.29, 0.717) is 36.9 Å². The van der Waals surface area contributed by atoms with Crippen LogP contribution >= 0.6 is 0 Å². The summed E-state index contributed by atoms with van der Waals surface area (Å²) in [6.45, 7) is 11.4. The summed E-state index contributed by atoms with van der Waals surface area (Å²) < 4.78 is 0. The minimum atomic E-state index is -0.552. The summed E-state index contributed by atoms with van der Waals surface area (Å²) in [5.74, 6) is 1.25. The molecule has 0 aliphatic carbocycles. The minimum Gasteiger partial charge on any atom is -0.348 e. The number of hydrazone groups is 1. The molecule has 2 rings (SSSR count). The van der Waals surface area contributed by atoms with Crippen molar-refractivity contribution in [1.82, 2.24) is 24.9 Å². The molecular weight excluding hydrogens is 432 g/mol. The second-order valence-electron chi connectivity index (χ2n) is 8.02. The summed E-state index contributed by atoms with van der Waals surface area (Å²) in [7, 11) is 1.87. The molecule has 10 heteroatoms. The predicted octanol–water partition coefficient (Wildman–Crippen LogP) is 4.60. The summed E-state index contributed by atoms with van der Waals surface area (Å²) in [6, 6.07) is -0.552. The third-order valence-corrected chi connectivity index (χ3v) is 5.54. The number of allylic oxidation sites excluding steroid dienone is 4. The number of H-pyrrole nitrogens is 1. The topological polar surface area (TPSA) is 110 Å². The molecule has 2 heterocycles. The van der Waals surface area contributed by atoms with Gasteiger partial charge in [-0.15, -0.1) is 0 Å². The fourth-order valence-corrected chi connectivity index (χ4v) is 3.46. The lowest BCUT2D eigenvalue weighted by molar-refractivity contribution is -0.113. The Labute approximate surface area is 201 Å². The van der Waals surface area contributed by atoms with Crippen LogP contribution in [0.4, 0.5) is 5.82 Å². The van der Waals surface area contributed by atoms with Gasteiger partial charge in [-0.1, -0.05) is 30.7 Å². The standard InChI is InChI=1S/C24H36N8O2/c1-7-10-12-18(4)32(17-33)21(28-30(6)9-3)15-31(13-11-8-2)24-22-20(19(5)29-34)14-25-23(22)26-16-27-24/h7,10,12,14,16-17,19H,8-9,11,13,15H2,1-6H3,(H,25,26,27). The molecule has 34 heavy (non-hydrogen) atoms. The summed E-state index contributed by atoms with van der Waals surface area (Å²) in [6.07, 6.45) is 11.6. The molecule has 1 atom stereocenters. The molecule has 184 valence electrons. The first-order valence-electron chi connectivity index (χ1n) is 11.6. The van der Waals surface area contributed by atoms with Crippen molar-refractivity contribution in [1.29, 1.82) is 0 Å². The van der Waals surface area contributed by atoms with E-state index in [9.17, 15) is 9.70 Å². The molecule has 2 aromatic rings. The maximum absolute atomic E-state index is 12.2. The number of hydrogen-bond donors (Lipinski definition) is 1. The molecule has 2 aromatic heterocycles. The lowest BCUT2D eigenvalue weighted by atomic mass is 10.1. The maximum Gasteiger partial charge on any atom is 0.219 e. The fraction of sp³-hybridized carbons (Fsp3) is 0.500. The molecule has 0 aliphatic heterocycles. The van der Waals surface area contributed by atoms with Gasteiger partial charge in [0.05, 0.1) is 11.9 Å². The van der Waals surface area contributed by atoms with Gasteiger partial charge >= 0.3 is 0 Å². The Balaban J connectivity index is 2.62. The molecule has 1 unspecified atom stereocenters. The van der Waals surface area contributed by atoms with E-state index in [2.05, 4.69) is 32.0 Å². The van der Waals surface area contributed by atoms with Crippen molar-refractivity contribution >= 4 is 29.1 Å². The number of nitrogens with one attached hydrogen (secondary N) is 1. The highest BCUT2D eigenvalue weighted by Gasteiger charge is 2.23. The number of amides is 1. The van der Waals surface area contributed by atoms with Gasteiger partial charge in [-0.3, -0.25) is 14.7 Å². The molecule has 0 saturated heterocycles. The van der Waals surface area contributed by atoms with Crippen molar-refractivity contribution in [3.05, 3.63) is 46.9 Å². The van der Waals surface area contributed by atoms with E-state index in [1.54, 1.807) is 23.0 Å². The number of unbranched alkanes of at least 4 members (excludes halogenated alkanes) is 1. The first-order chi connectivity index (χ1) is 16.4. The van der Waals surface area contributed by atoms with Crippen LogP contribution in [0.15, 0.2) is 46.7 Å². The van der Waals surface area contributed by atoms with Crippen LogP contribution in [0.2, 0.25) is 0 Å². The molecule has 0 saturated carbocycles. The van der Waals surface area contributed by atoms with Crippen LogP contribution in [-0.2, 0) is 4.79 Å². The van der Waals surface area contributed by atoms with Gasteiger partial charge in [0.25, 0.3) is 0 Å². The van der Waals surface area contributed by atoms with Gasteiger partial charge in [-0.2, -0.15) is 10.0 Å². The van der Waals surface area contributed by atoms with Gasteiger partial charge in [-0.25, -0.2) is 9.97 Å². The van der Waals surface area contributed by atoms with Crippen molar-refractivity contribution < 1.29 is 4.79 Å². The first kappa shape index (κ1) is 26.7. The van der Waals surface area contributed by atoms with Crippen molar-refractivity contribution in [3.8, 4) is 0 Å². The van der Waals surface area contributed by atoms with E-state index >= 15 is 0 Å². The summed E-state index contributed by atoms with van der Waals surface area (Å²) in [5, 5.41) is 10.5. The highest BCUT2D eigenvalue weighted by atomic mass is 16.3. The summed E-state index contributed by atoms with van der Waals surface area (Å²) in [5.41, 5.74) is 2.13. The number of nitroso groups, excluding NO2 is 1. The lowest BCUT2D eigenvalue weighted by Gasteiger charge is -2.29. The number of carbonyl (C=O) groups is 1. The predicted molar refractivity (Wildman–Crippen MR) is 137 cm³/mol. The third kappa shape index (κ3) is 6.49. The number of aromatic nitrogens is 3. The zero-order valence-corrected chi connectivity index (χ0v) is 21.0. The Hall–Kier alpha value is -3.56. The average Bonchev–Trinajstić information content (AvgIpc) is 3.29. The maximum atomic E-state index is 12.2. The number of carbonyl (C=O) groups excluding carboxylic acids is 1. The largest absolute Gasteiger partial charge is 0.348 e. The molecule has 10 nitrogen and oxygen atoms in total. The monoisotopic (exact) mass is 468 g/mol. The normalized spacial score (nSPS) is 13.4. The lowest BCUT2D eigenvalue weighted by Crippen LogP contribution is -2.41. The summed E-state index contributed by atoms with van der Waals surface area (Å²) in [4.78, 5) is 39.2. The van der Waals surface area contributed by atoms with Crippen LogP contribution in [0, 0.1) is 4.91 Å². The molecule has 0 radical (unpaired) electrons. The van der Waals surface area contributed by atoms with Crippen molar-refractivity contribution in [3.63, 3.8) is 0 Å². The van der Waals surface area contributed by atoms with E-state index in [1.165, 1.54) is 6.33 Å². The summed E-state index contributed by atoms with van der Waals surface area (Å²) >= 11 is 0. The van der Waals surface area contributed by atoms with Crippen LogP contribution in [0.5, 0.6) is 0 Å². The number of nitrogens with zero attached hydrogens (tertiary/aromatic N) is 7. The van der Waals surface area contributed by atoms with Gasteiger partial charge in [0.1, 0.15) is 23.8 Å². The van der Waals surface area contributed by atoms with Gasteiger partial charge in [-0.05, 0) is 40.2 Å². The van der Waals surface area contributed by atoms with Crippen LogP contribution < -0.4 is 4.90 Å². The number of amidine groups is 1. The molecule has 0 aliphatic rings. The number of aromatic amines is 1. The van der Waals surface area contributed by atoms with Crippen LogP contribution in [0.3, 0.4) is 0 Å². The van der Waals surface area contributed by atoms with E-state index in [4.69, 9.17) is 5.10 Å². The van der Waals surface area contributed by atoms with Crippen LogP contribution in [0.25, 0.3) is 11.0 Å². The molecule has 0 fully saturated rings. The highest BCUT2D eigenvalue weighted by Crippen LogP contribution is 2.32. The van der Waals surface area contributed by atoms with Crippen molar-refractivity contribution in [2.75, 3.05) is 31.6 Å². The molecule has 1 N–H and O–H groups in total. The molecule has 1 amide bonds. The second kappa shape index (κ2) is 13.2. The zero-order chi connectivity index (χ0) is 25.1. The van der Waals surface area contributed by atoms with Gasteiger partial charge in [0, 0.05) is 37.6 Å². The Morgan fingerprint density at radius 1 is 1.29 bits per heavy atom. The van der Waals surface area contributed by atoms with Gasteiger partial charge in [0.15, 0.2) is 5.84 Å². The van der Waals surface area contributed by atoms with Gasteiger partial charge < -0.3 is 9.88 Å². The molecule has 0 aromatic carbocycles. The van der Waals surface area contributed by atoms with E-state index in [1.807, 2.05) is 46.0 Å². The number of anilines is 1. The van der Waals surface area contributed by atoms with E-state index in [-0.39, 0.29) is 0 Å². The Morgan fingerprint density at radius 3 is 2.68 bits per heavy atom. The van der Waals surface area contributed by atoms with Crippen LogP contribution in [0.1, 0.15) is 59.1 Å². The SMILES string of the molecule is CC=CC=C(C)N(C=O)C(CN(CCCC)c1ncnc2[nH]cc(C(C)N=O)c12)=NN(C)CC. The van der Waals surface area contributed by atoms with E-state index in [0.717, 1.165) is 35.9 Å². The Kier molecular flexibility index (Phi) is 10.4. The zero-order valence-electron chi connectivity index (χ0n) is 21.0. The minimum absolute atomic E-state index is 0.337. The highest BCUT2D eigenvalue weighted by molar-refractivity contribution is 5.98. The Bertz CT molecular complexity index is 1040. The second-order valence-corrected chi connectivity index (χ2v) is 8.02.